The molecule has 13 unspecified atom stereocenters. The maximum Gasteiger partial charge on any atom is 0.136 e. The number of hydrogen-bond donors (Lipinski definition) is 3. The number of rotatable bonds is 6. The van der Waals surface area contributed by atoms with Crippen LogP contribution in [0.25, 0.3) is 0 Å². The van der Waals surface area contributed by atoms with Crippen molar-refractivity contribution in [2.24, 2.45) is 34.5 Å². The summed E-state index contributed by atoms with van der Waals surface area (Å²) in [5.74, 6) is -0.274. The third-order valence-electron chi connectivity index (χ3n) is 11.5. The normalized spacial score (nSPS) is 60.9. The zero-order valence-electron chi connectivity index (χ0n) is 20.6. The number of likely N-dealkylation sites (tertiary alicyclic amines) is 1. The summed E-state index contributed by atoms with van der Waals surface area (Å²) in [6, 6.07) is -0.312. The molecule has 5 saturated carbocycles. The number of fused-ring (bicyclic) bond motifs is 2. The van der Waals surface area contributed by atoms with Crippen molar-refractivity contribution >= 4 is 0 Å². The van der Waals surface area contributed by atoms with E-state index in [0.717, 1.165) is 32.4 Å². The molecule has 8 heteroatoms. The van der Waals surface area contributed by atoms with Crippen LogP contribution in [0.2, 0.25) is 0 Å². The fourth-order valence-corrected chi connectivity index (χ4v) is 11.0. The third kappa shape index (κ3) is 2.20. The number of likely N-dealkylation sites (N-methyl/N-ethyl adjacent to an activating group) is 1. The highest BCUT2D eigenvalue weighted by Crippen LogP contribution is 2.80. The molecule has 1 aliphatic heterocycles. The number of ether oxygens (including phenoxy) is 4. The monoisotopic (exact) mass is 467 g/mol. The average molecular weight is 468 g/mol. The lowest BCUT2D eigenvalue weighted by molar-refractivity contribution is -0.319. The van der Waals surface area contributed by atoms with Gasteiger partial charge < -0.3 is 34.3 Å². The molecule has 33 heavy (non-hydrogen) atoms. The SMILES string of the molecule is CCN1CC2(COC)CCC(OC)C34C5CC6C(O)CC(O)(C5C6OC)C(O)(C(OC)C23)C14. The number of nitrogens with zero attached hydrogens (tertiary/aromatic N) is 1. The predicted octanol–water partition coefficient (Wildman–Crippen LogP) is 0.271. The number of methoxy groups -OCH3 is 4. The lowest BCUT2D eigenvalue weighted by atomic mass is 9.42. The molecule has 13 atom stereocenters. The van der Waals surface area contributed by atoms with Gasteiger partial charge in [0.05, 0.1) is 37.1 Å². The minimum atomic E-state index is -1.55. The highest BCUT2D eigenvalue weighted by Gasteiger charge is 2.91. The summed E-state index contributed by atoms with van der Waals surface area (Å²) in [5, 5.41) is 36.7. The van der Waals surface area contributed by atoms with Crippen molar-refractivity contribution in [3.05, 3.63) is 0 Å². The van der Waals surface area contributed by atoms with Gasteiger partial charge in [0.15, 0.2) is 0 Å². The molecule has 188 valence electrons. The summed E-state index contributed by atoms with van der Waals surface area (Å²) in [6.45, 7) is 4.28. The third-order valence-corrected chi connectivity index (χ3v) is 11.5. The van der Waals surface area contributed by atoms with Crippen LogP contribution in [0.15, 0.2) is 0 Å². The molecular formula is C25H41NO7. The predicted molar refractivity (Wildman–Crippen MR) is 119 cm³/mol. The smallest absolute Gasteiger partial charge is 0.136 e. The van der Waals surface area contributed by atoms with Gasteiger partial charge in [-0.25, -0.2) is 0 Å². The summed E-state index contributed by atoms with van der Waals surface area (Å²) in [7, 11) is 6.89. The molecule has 0 radical (unpaired) electrons. The second-order valence-electron chi connectivity index (χ2n) is 11.9. The standard InChI is InChI=1S/C25H41NO7/c1-6-26-11-22(12-30-2)8-7-16(31-3)24-14-9-13-15(27)10-23(28,17(14)18(13)32-4)25(29,21(24)26)20(33-5)19(22)24/h13-21,27-29H,6-12H2,1-5H3. The van der Waals surface area contributed by atoms with Gasteiger partial charge in [0.2, 0.25) is 0 Å². The zero-order valence-corrected chi connectivity index (χ0v) is 20.6. The van der Waals surface area contributed by atoms with Gasteiger partial charge in [-0.1, -0.05) is 6.92 Å². The molecule has 6 rings (SSSR count). The van der Waals surface area contributed by atoms with Gasteiger partial charge in [-0.05, 0) is 31.7 Å². The van der Waals surface area contributed by atoms with E-state index in [2.05, 4.69) is 11.8 Å². The van der Waals surface area contributed by atoms with Crippen molar-refractivity contribution in [3.8, 4) is 0 Å². The summed E-state index contributed by atoms with van der Waals surface area (Å²) in [4.78, 5) is 2.38. The molecule has 8 nitrogen and oxygen atoms in total. The molecule has 0 aromatic carbocycles. The van der Waals surface area contributed by atoms with Crippen LogP contribution in [0.4, 0.5) is 0 Å². The fraction of sp³-hybridized carbons (Fsp3) is 1.00. The minimum absolute atomic E-state index is 0.0144. The molecule has 6 aliphatic rings. The molecule has 1 spiro atoms. The first-order chi connectivity index (χ1) is 15.8. The van der Waals surface area contributed by atoms with E-state index in [0.29, 0.717) is 6.61 Å². The van der Waals surface area contributed by atoms with Crippen molar-refractivity contribution in [2.75, 3.05) is 48.1 Å². The average Bonchev–Trinajstić information content (AvgIpc) is 3.22. The maximum atomic E-state index is 12.9. The Bertz CT molecular complexity index is 810. The molecule has 0 aromatic heterocycles. The van der Waals surface area contributed by atoms with Crippen LogP contribution < -0.4 is 0 Å². The lowest BCUT2D eigenvalue weighted by Gasteiger charge is -2.70. The van der Waals surface area contributed by atoms with E-state index < -0.39 is 28.8 Å². The van der Waals surface area contributed by atoms with Crippen molar-refractivity contribution in [1.29, 1.82) is 0 Å². The Kier molecular flexibility index (Phi) is 4.99. The highest BCUT2D eigenvalue weighted by atomic mass is 16.5. The topological polar surface area (TPSA) is 101 Å². The first-order valence-corrected chi connectivity index (χ1v) is 12.7. The van der Waals surface area contributed by atoms with Gasteiger partial charge in [0.25, 0.3) is 0 Å². The van der Waals surface area contributed by atoms with Crippen molar-refractivity contribution in [1.82, 2.24) is 4.90 Å². The van der Waals surface area contributed by atoms with Gasteiger partial charge in [0, 0.05) is 70.0 Å². The Morgan fingerprint density at radius 1 is 1.06 bits per heavy atom. The van der Waals surface area contributed by atoms with E-state index >= 15 is 0 Å². The first-order valence-electron chi connectivity index (χ1n) is 12.7. The van der Waals surface area contributed by atoms with E-state index in [1.54, 1.807) is 28.4 Å². The molecular weight excluding hydrogens is 426 g/mol. The minimum Gasteiger partial charge on any atom is -0.393 e. The number of aliphatic hydroxyl groups is 3. The molecule has 1 saturated heterocycles. The van der Waals surface area contributed by atoms with Crippen LogP contribution >= 0.6 is 0 Å². The fourth-order valence-electron chi connectivity index (χ4n) is 11.0. The summed E-state index contributed by atoms with van der Waals surface area (Å²) in [6.07, 6.45) is 1.08. The number of aliphatic hydroxyl groups excluding tert-OH is 1. The van der Waals surface area contributed by atoms with Crippen LogP contribution in [0, 0.1) is 34.5 Å². The molecule has 0 amide bonds. The van der Waals surface area contributed by atoms with E-state index in [1.807, 2.05) is 0 Å². The van der Waals surface area contributed by atoms with Crippen molar-refractivity contribution in [2.45, 2.75) is 74.3 Å². The van der Waals surface area contributed by atoms with E-state index in [4.69, 9.17) is 18.9 Å². The molecule has 6 fully saturated rings. The van der Waals surface area contributed by atoms with Crippen LogP contribution in [-0.4, -0.2) is 110 Å². The Morgan fingerprint density at radius 2 is 1.82 bits per heavy atom. The Balaban J connectivity index is 1.68. The number of piperidine rings is 1. The van der Waals surface area contributed by atoms with Gasteiger partial charge in [-0.2, -0.15) is 0 Å². The van der Waals surface area contributed by atoms with Crippen LogP contribution in [0.5, 0.6) is 0 Å². The summed E-state index contributed by atoms with van der Waals surface area (Å²) >= 11 is 0. The van der Waals surface area contributed by atoms with E-state index in [1.165, 1.54) is 0 Å². The van der Waals surface area contributed by atoms with Crippen LogP contribution in [0.3, 0.4) is 0 Å². The molecule has 7 bridgehead atoms. The van der Waals surface area contributed by atoms with Gasteiger partial charge in [-0.15, -0.1) is 0 Å². The van der Waals surface area contributed by atoms with Gasteiger partial charge in [-0.3, -0.25) is 4.90 Å². The van der Waals surface area contributed by atoms with E-state index in [-0.39, 0.29) is 53.8 Å². The van der Waals surface area contributed by atoms with Crippen LogP contribution in [-0.2, 0) is 18.9 Å². The van der Waals surface area contributed by atoms with Gasteiger partial charge in [0.1, 0.15) is 11.2 Å². The second kappa shape index (κ2) is 7.13. The van der Waals surface area contributed by atoms with Crippen molar-refractivity contribution < 1.29 is 34.3 Å². The number of hydrogen-bond acceptors (Lipinski definition) is 8. The first kappa shape index (κ1) is 23.1. The zero-order chi connectivity index (χ0) is 23.6. The Labute approximate surface area is 196 Å². The van der Waals surface area contributed by atoms with Crippen molar-refractivity contribution in [3.63, 3.8) is 0 Å². The van der Waals surface area contributed by atoms with Crippen LogP contribution in [0.1, 0.15) is 32.6 Å². The maximum absolute atomic E-state index is 12.9. The quantitative estimate of drug-likeness (QED) is 0.512. The Morgan fingerprint density at radius 3 is 2.42 bits per heavy atom. The molecule has 5 aliphatic carbocycles. The molecule has 3 N–H and O–H groups in total. The highest BCUT2D eigenvalue weighted by molar-refractivity contribution is 5.41. The lowest BCUT2D eigenvalue weighted by Crippen LogP contribution is -2.82. The largest absolute Gasteiger partial charge is 0.393 e. The van der Waals surface area contributed by atoms with Gasteiger partial charge >= 0.3 is 0 Å². The second-order valence-corrected chi connectivity index (χ2v) is 11.9. The summed E-state index contributed by atoms with van der Waals surface area (Å²) in [5.41, 5.74) is -3.67. The van der Waals surface area contributed by atoms with E-state index in [9.17, 15) is 15.3 Å². The molecule has 1 heterocycles. The molecule has 0 aromatic rings. The Hall–Kier alpha value is -0.320. The summed E-state index contributed by atoms with van der Waals surface area (Å²) < 4.78 is 24.4.